The van der Waals surface area contributed by atoms with Crippen molar-refractivity contribution >= 4 is 50.1 Å². The van der Waals surface area contributed by atoms with Crippen molar-refractivity contribution in [1.29, 1.82) is 0 Å². The van der Waals surface area contributed by atoms with E-state index in [-0.39, 0.29) is 33.8 Å². The molecule has 0 spiro atoms. The topological polar surface area (TPSA) is 99.5 Å². The van der Waals surface area contributed by atoms with Crippen LogP contribution in [0.25, 0.3) is 0 Å². The number of nitrogens with one attached hydrogen (secondary N) is 1. The number of halogens is 1. The van der Waals surface area contributed by atoms with Gasteiger partial charge in [-0.1, -0.05) is 0 Å². The number of ether oxygens (including phenoxy) is 2. The molecule has 2 heterocycles. The molecule has 0 unspecified atom stereocenters. The Balaban J connectivity index is 2.47. The monoisotopic (exact) mass is 471 g/mol. The van der Waals surface area contributed by atoms with Gasteiger partial charge in [0.05, 0.1) is 28.4 Å². The number of rotatable bonds is 6. The molecule has 0 saturated carbocycles. The molecule has 0 atom stereocenters. The fourth-order valence-electron chi connectivity index (χ4n) is 2.40. The summed E-state index contributed by atoms with van der Waals surface area (Å²) in [6.45, 7) is 8.77. The lowest BCUT2D eigenvalue weighted by atomic mass is 10.1. The Labute approximate surface area is 175 Å². The molecule has 1 N–H and O–H groups in total. The number of esters is 2. The summed E-state index contributed by atoms with van der Waals surface area (Å²) in [5, 5.41) is 7.08. The largest absolute Gasteiger partial charge is 0.462 e. The maximum Gasteiger partial charge on any atom is 0.348 e. The van der Waals surface area contributed by atoms with E-state index < -0.39 is 17.8 Å². The number of hydrogen-bond donors (Lipinski definition) is 1. The Bertz CT molecular complexity index is 932. The Kier molecular flexibility index (Phi) is 7.00. The van der Waals surface area contributed by atoms with E-state index in [0.717, 1.165) is 17.0 Å². The van der Waals surface area contributed by atoms with E-state index in [1.54, 1.807) is 39.4 Å². The number of amides is 1. The van der Waals surface area contributed by atoms with Gasteiger partial charge in [-0.25, -0.2) is 9.59 Å². The van der Waals surface area contributed by atoms with Gasteiger partial charge in [0.25, 0.3) is 5.91 Å². The zero-order valence-corrected chi connectivity index (χ0v) is 18.9. The molecule has 2 aromatic rings. The van der Waals surface area contributed by atoms with Crippen LogP contribution in [0.1, 0.15) is 62.5 Å². The van der Waals surface area contributed by atoms with Crippen LogP contribution >= 0.6 is 27.3 Å². The van der Waals surface area contributed by atoms with Crippen molar-refractivity contribution in [2.45, 2.75) is 40.7 Å². The average molecular weight is 472 g/mol. The van der Waals surface area contributed by atoms with Crippen molar-refractivity contribution in [2.24, 2.45) is 7.05 Å². The third-order valence-corrected chi connectivity index (χ3v) is 5.99. The second-order valence-corrected chi connectivity index (χ2v) is 8.07. The zero-order valence-electron chi connectivity index (χ0n) is 16.5. The standard InChI is InChI=1S/C18H22BrN3O5S/c1-7-26-18(25)14-9(4)11(17(24)27-8(2)3)16(28-14)20-15(23)13-12(19)10(5)22(6)21-13/h8H,7H2,1-6H3,(H,20,23). The molecule has 1 amide bonds. The molecule has 0 aliphatic heterocycles. The molecule has 0 bridgehead atoms. The van der Waals surface area contributed by atoms with Gasteiger partial charge in [-0.3, -0.25) is 9.48 Å². The fraction of sp³-hybridized carbons (Fsp3) is 0.444. The summed E-state index contributed by atoms with van der Waals surface area (Å²) >= 11 is 4.32. The Morgan fingerprint density at radius 2 is 1.89 bits per heavy atom. The van der Waals surface area contributed by atoms with Crippen molar-refractivity contribution in [2.75, 3.05) is 11.9 Å². The van der Waals surface area contributed by atoms with Crippen molar-refractivity contribution in [1.82, 2.24) is 9.78 Å². The number of aromatic nitrogens is 2. The third kappa shape index (κ3) is 4.44. The number of anilines is 1. The third-order valence-electron chi connectivity index (χ3n) is 3.86. The van der Waals surface area contributed by atoms with Crippen LogP contribution in [0.4, 0.5) is 5.00 Å². The molecular formula is C18H22BrN3O5S. The molecule has 152 valence electrons. The van der Waals surface area contributed by atoms with Crippen LogP contribution in [0.3, 0.4) is 0 Å². The van der Waals surface area contributed by atoms with Crippen molar-refractivity contribution < 1.29 is 23.9 Å². The smallest absolute Gasteiger partial charge is 0.348 e. The first-order valence-electron chi connectivity index (χ1n) is 8.60. The van der Waals surface area contributed by atoms with E-state index in [4.69, 9.17) is 9.47 Å². The minimum Gasteiger partial charge on any atom is -0.462 e. The number of carbonyl (C=O) groups is 3. The maximum absolute atomic E-state index is 12.7. The second-order valence-electron chi connectivity index (χ2n) is 6.26. The van der Waals surface area contributed by atoms with Gasteiger partial charge in [-0.15, -0.1) is 11.3 Å². The first-order chi connectivity index (χ1) is 13.1. The summed E-state index contributed by atoms with van der Waals surface area (Å²) in [5.74, 6) is -1.68. The Hall–Kier alpha value is -2.20. The van der Waals surface area contributed by atoms with Crippen LogP contribution in [0.5, 0.6) is 0 Å². The molecule has 28 heavy (non-hydrogen) atoms. The predicted octanol–water partition coefficient (Wildman–Crippen LogP) is 3.86. The summed E-state index contributed by atoms with van der Waals surface area (Å²) in [5.41, 5.74) is 1.49. The van der Waals surface area contributed by atoms with Gasteiger partial charge < -0.3 is 14.8 Å². The lowest BCUT2D eigenvalue weighted by Gasteiger charge is -2.10. The molecule has 2 rings (SSSR count). The minimum absolute atomic E-state index is 0.138. The van der Waals surface area contributed by atoms with Crippen LogP contribution < -0.4 is 5.32 Å². The summed E-state index contributed by atoms with van der Waals surface area (Å²) in [6, 6.07) is 0. The lowest BCUT2D eigenvalue weighted by Crippen LogP contribution is -2.17. The SMILES string of the molecule is CCOC(=O)c1sc(NC(=O)c2nn(C)c(C)c2Br)c(C(=O)OC(C)C)c1C. The number of nitrogens with zero attached hydrogens (tertiary/aromatic N) is 2. The van der Waals surface area contributed by atoms with E-state index >= 15 is 0 Å². The average Bonchev–Trinajstić information content (AvgIpc) is 3.06. The van der Waals surface area contributed by atoms with E-state index in [2.05, 4.69) is 26.3 Å². The van der Waals surface area contributed by atoms with Gasteiger partial charge in [-0.2, -0.15) is 5.10 Å². The quantitative estimate of drug-likeness (QED) is 0.642. The van der Waals surface area contributed by atoms with Crippen molar-refractivity contribution in [3.8, 4) is 0 Å². The van der Waals surface area contributed by atoms with Crippen molar-refractivity contribution in [3.05, 3.63) is 31.9 Å². The molecule has 0 fully saturated rings. The van der Waals surface area contributed by atoms with Crippen LogP contribution in [-0.4, -0.2) is 40.3 Å². The molecule has 0 aromatic carbocycles. The van der Waals surface area contributed by atoms with Gasteiger partial charge >= 0.3 is 11.9 Å². The van der Waals surface area contributed by atoms with Gasteiger partial charge in [-0.05, 0) is 56.1 Å². The first kappa shape index (κ1) is 22.1. The number of carbonyl (C=O) groups excluding carboxylic acids is 3. The van der Waals surface area contributed by atoms with Crippen molar-refractivity contribution in [3.63, 3.8) is 0 Å². The van der Waals surface area contributed by atoms with Gasteiger partial charge in [0.1, 0.15) is 9.88 Å². The van der Waals surface area contributed by atoms with E-state index in [1.165, 1.54) is 0 Å². The highest BCUT2D eigenvalue weighted by molar-refractivity contribution is 9.10. The first-order valence-corrected chi connectivity index (χ1v) is 10.2. The normalized spacial score (nSPS) is 10.9. The molecule has 0 aliphatic carbocycles. The molecule has 2 aromatic heterocycles. The highest BCUT2D eigenvalue weighted by Crippen LogP contribution is 2.35. The molecule has 0 saturated heterocycles. The maximum atomic E-state index is 12.7. The van der Waals surface area contributed by atoms with Crippen LogP contribution in [0, 0.1) is 13.8 Å². The van der Waals surface area contributed by atoms with Gasteiger partial charge in [0, 0.05) is 7.05 Å². The molecular weight excluding hydrogens is 450 g/mol. The van der Waals surface area contributed by atoms with Crippen LogP contribution in [0.2, 0.25) is 0 Å². The number of hydrogen-bond acceptors (Lipinski definition) is 7. The lowest BCUT2D eigenvalue weighted by molar-refractivity contribution is 0.0379. The van der Waals surface area contributed by atoms with Gasteiger partial charge in [0.2, 0.25) is 0 Å². The molecule has 10 heteroatoms. The summed E-state index contributed by atoms with van der Waals surface area (Å²) < 4.78 is 12.4. The summed E-state index contributed by atoms with van der Waals surface area (Å²) in [6.07, 6.45) is -0.353. The molecule has 0 radical (unpaired) electrons. The van der Waals surface area contributed by atoms with Gasteiger partial charge in [0.15, 0.2) is 5.69 Å². The fourth-order valence-corrected chi connectivity index (χ4v) is 4.00. The predicted molar refractivity (Wildman–Crippen MR) is 109 cm³/mol. The number of thiophene rings is 1. The summed E-state index contributed by atoms with van der Waals surface area (Å²) in [4.78, 5) is 37.8. The zero-order chi connectivity index (χ0) is 21.2. The summed E-state index contributed by atoms with van der Waals surface area (Å²) in [7, 11) is 1.72. The number of aryl methyl sites for hydroxylation is 1. The van der Waals surface area contributed by atoms with Crippen LogP contribution in [0.15, 0.2) is 4.47 Å². The molecule has 8 nitrogen and oxygen atoms in total. The Morgan fingerprint density at radius 1 is 1.25 bits per heavy atom. The van der Waals surface area contributed by atoms with E-state index in [9.17, 15) is 14.4 Å². The second kappa shape index (κ2) is 8.87. The highest BCUT2D eigenvalue weighted by atomic mass is 79.9. The van der Waals surface area contributed by atoms with E-state index in [1.807, 2.05) is 6.92 Å². The highest BCUT2D eigenvalue weighted by Gasteiger charge is 2.29. The van der Waals surface area contributed by atoms with E-state index in [0.29, 0.717) is 10.0 Å². The molecule has 0 aliphatic rings. The van der Waals surface area contributed by atoms with Crippen LogP contribution in [-0.2, 0) is 16.5 Å². The minimum atomic E-state index is -0.620. The Morgan fingerprint density at radius 3 is 2.39 bits per heavy atom.